The normalized spacial score (nSPS) is 19.2. The zero-order valence-corrected chi connectivity index (χ0v) is 14.6. The average molecular weight is 312 g/mol. The van der Waals surface area contributed by atoms with E-state index in [0.29, 0.717) is 6.61 Å². The van der Waals surface area contributed by atoms with Crippen molar-refractivity contribution in [3.63, 3.8) is 0 Å². The predicted octanol–water partition coefficient (Wildman–Crippen LogP) is 4.15. The van der Waals surface area contributed by atoms with Gasteiger partial charge in [0.05, 0.1) is 6.04 Å². The largest absolute Gasteiger partial charge is 0.377 e. The van der Waals surface area contributed by atoms with E-state index in [-0.39, 0.29) is 12.1 Å². The van der Waals surface area contributed by atoms with E-state index < -0.39 is 0 Å². The van der Waals surface area contributed by atoms with Crippen LogP contribution in [0.15, 0.2) is 59.6 Å². The number of allylic oxidation sites excluding steroid dienone is 2. The Morgan fingerprint density at radius 3 is 2.35 bits per heavy atom. The number of methoxy groups -OCH3 is 1. The second-order valence-corrected chi connectivity index (χ2v) is 4.93. The van der Waals surface area contributed by atoms with Crippen molar-refractivity contribution in [1.82, 2.24) is 5.32 Å². The summed E-state index contributed by atoms with van der Waals surface area (Å²) in [4.78, 5) is 4.74. The van der Waals surface area contributed by atoms with Gasteiger partial charge in [0.1, 0.15) is 18.5 Å². The predicted molar refractivity (Wildman–Crippen MR) is 101 cm³/mol. The van der Waals surface area contributed by atoms with Gasteiger partial charge >= 0.3 is 0 Å². The molecule has 1 heterocycles. The molecule has 0 bridgehead atoms. The summed E-state index contributed by atoms with van der Waals surface area (Å²) in [5.74, 6) is 0.928. The number of benzene rings is 1. The molecule has 0 unspecified atom stereocenters. The van der Waals surface area contributed by atoms with Gasteiger partial charge in [-0.15, -0.1) is 19.4 Å². The molecule has 1 N–H and O–H groups in total. The Kier molecular flexibility index (Phi) is 11.0. The smallest absolute Gasteiger partial charge is 0.124 e. The van der Waals surface area contributed by atoms with Crippen molar-refractivity contribution in [1.29, 1.82) is 0 Å². The van der Waals surface area contributed by atoms with E-state index >= 15 is 0 Å². The van der Waals surface area contributed by atoms with E-state index in [2.05, 4.69) is 68.9 Å². The van der Waals surface area contributed by atoms with Gasteiger partial charge in [-0.25, -0.2) is 0 Å². The van der Waals surface area contributed by atoms with Gasteiger partial charge in [0.25, 0.3) is 0 Å². The molecule has 0 aromatic heterocycles. The molecular formula is C20H28N2O. The van der Waals surface area contributed by atoms with Gasteiger partial charge in [0, 0.05) is 7.11 Å². The lowest BCUT2D eigenvalue weighted by molar-refractivity contribution is 0.243. The van der Waals surface area contributed by atoms with Crippen LogP contribution in [-0.4, -0.2) is 25.6 Å². The Morgan fingerprint density at radius 2 is 1.87 bits per heavy atom. The number of nitrogens with zero attached hydrogens (tertiary/aromatic N) is 1. The van der Waals surface area contributed by atoms with Crippen molar-refractivity contribution in [2.75, 3.05) is 13.7 Å². The molecule has 23 heavy (non-hydrogen) atoms. The summed E-state index contributed by atoms with van der Waals surface area (Å²) in [6, 6.07) is 10.8. The van der Waals surface area contributed by atoms with Crippen LogP contribution >= 0.6 is 0 Å². The highest BCUT2D eigenvalue weighted by atomic mass is 16.5. The van der Waals surface area contributed by atoms with Crippen molar-refractivity contribution in [3.8, 4) is 12.8 Å². The van der Waals surface area contributed by atoms with Crippen LogP contribution in [0.25, 0.3) is 0 Å². The van der Waals surface area contributed by atoms with E-state index in [4.69, 9.17) is 9.73 Å². The molecule has 1 aliphatic rings. The summed E-state index contributed by atoms with van der Waals surface area (Å²) < 4.78 is 5.16. The second-order valence-electron chi connectivity index (χ2n) is 4.93. The number of amidine groups is 1. The zero-order chi connectivity index (χ0) is 17.7. The van der Waals surface area contributed by atoms with E-state index in [1.54, 1.807) is 13.2 Å². The van der Waals surface area contributed by atoms with Crippen LogP contribution in [0.1, 0.15) is 32.4 Å². The van der Waals surface area contributed by atoms with Crippen molar-refractivity contribution in [2.24, 2.45) is 4.99 Å². The molecule has 1 aromatic carbocycles. The van der Waals surface area contributed by atoms with Gasteiger partial charge < -0.3 is 10.1 Å². The fourth-order valence-corrected chi connectivity index (χ4v) is 2.21. The summed E-state index contributed by atoms with van der Waals surface area (Å²) in [5, 5.41) is 3.45. The minimum absolute atomic E-state index is 0.146. The minimum Gasteiger partial charge on any atom is -0.377 e. The molecular weight excluding hydrogens is 284 g/mol. The Balaban J connectivity index is 0.000000868. The van der Waals surface area contributed by atoms with Gasteiger partial charge in [-0.2, -0.15) is 0 Å². The first-order chi connectivity index (χ1) is 11.2. The first-order valence-corrected chi connectivity index (χ1v) is 7.58. The second kappa shape index (κ2) is 12.3. The third-order valence-electron chi connectivity index (χ3n) is 3.30. The number of ether oxygens (including phenoxy) is 1. The molecule has 1 aromatic rings. The maximum absolute atomic E-state index is 5.16. The highest BCUT2D eigenvalue weighted by Gasteiger charge is 2.30. The quantitative estimate of drug-likeness (QED) is 0.669. The lowest BCUT2D eigenvalue weighted by Gasteiger charge is -2.19. The number of terminal acetylenes is 1. The first-order valence-electron chi connectivity index (χ1n) is 7.58. The maximum atomic E-state index is 5.16. The Bertz CT molecular complexity index is 529. The molecule has 0 amide bonds. The molecule has 3 nitrogen and oxygen atoms in total. The topological polar surface area (TPSA) is 33.6 Å². The van der Waals surface area contributed by atoms with Crippen LogP contribution in [-0.2, 0) is 4.74 Å². The van der Waals surface area contributed by atoms with E-state index in [0.717, 1.165) is 5.84 Å². The number of nitrogens with one attached hydrogen (secondary N) is 1. The summed E-state index contributed by atoms with van der Waals surface area (Å²) in [7, 11) is 1.69. The Morgan fingerprint density at radius 1 is 1.30 bits per heavy atom. The van der Waals surface area contributed by atoms with E-state index in [1.807, 2.05) is 13.0 Å². The van der Waals surface area contributed by atoms with Crippen LogP contribution in [0.5, 0.6) is 0 Å². The van der Waals surface area contributed by atoms with Gasteiger partial charge in [0.2, 0.25) is 0 Å². The van der Waals surface area contributed by atoms with Crippen LogP contribution in [0.4, 0.5) is 0 Å². The average Bonchev–Trinajstić information content (AvgIpc) is 3.02. The van der Waals surface area contributed by atoms with E-state index in [9.17, 15) is 0 Å². The van der Waals surface area contributed by atoms with Gasteiger partial charge in [-0.1, -0.05) is 48.1 Å². The third kappa shape index (κ3) is 6.54. The molecule has 0 fully saturated rings. The molecule has 0 aliphatic carbocycles. The number of rotatable bonds is 4. The lowest BCUT2D eigenvalue weighted by Crippen LogP contribution is -2.34. The standard InChI is InChI=1S/C15H20N2O.C3H6.C2H2/c1-4-11(2)14-15(12-8-6-5-7-9-12)17-13(16-14)10-18-3;1-3-2;1-2/h4-9,14-15H,10H2,1-3H3,(H,16,17);3H,1H2,2H3;1-2H/b11-4+;;/t14-,15+;;/m1../s1. The fraction of sp³-hybridized carbons (Fsp3) is 0.350. The molecule has 0 saturated carbocycles. The monoisotopic (exact) mass is 312 g/mol. The molecule has 0 saturated heterocycles. The van der Waals surface area contributed by atoms with Crippen molar-refractivity contribution in [3.05, 3.63) is 60.2 Å². The summed E-state index contributed by atoms with van der Waals surface area (Å²) in [5.41, 5.74) is 2.54. The van der Waals surface area contributed by atoms with Gasteiger partial charge in [0.15, 0.2) is 0 Å². The van der Waals surface area contributed by atoms with Crippen LogP contribution in [0.3, 0.4) is 0 Å². The van der Waals surface area contributed by atoms with Crippen LogP contribution in [0.2, 0.25) is 0 Å². The molecule has 2 atom stereocenters. The maximum Gasteiger partial charge on any atom is 0.124 e. The summed E-state index contributed by atoms with van der Waals surface area (Å²) >= 11 is 0. The van der Waals surface area contributed by atoms with Crippen molar-refractivity contribution < 1.29 is 4.74 Å². The molecule has 3 heteroatoms. The molecule has 1 aliphatic heterocycles. The zero-order valence-electron chi connectivity index (χ0n) is 14.6. The summed E-state index contributed by atoms with van der Waals surface area (Å²) in [6.45, 7) is 9.99. The third-order valence-corrected chi connectivity index (χ3v) is 3.30. The van der Waals surface area contributed by atoms with Crippen LogP contribution < -0.4 is 5.32 Å². The molecule has 124 valence electrons. The van der Waals surface area contributed by atoms with E-state index in [1.165, 1.54) is 11.1 Å². The van der Waals surface area contributed by atoms with Crippen LogP contribution in [0, 0.1) is 12.8 Å². The number of aliphatic imine (C=N–C) groups is 1. The lowest BCUT2D eigenvalue weighted by atomic mass is 9.95. The highest BCUT2D eigenvalue weighted by molar-refractivity contribution is 5.86. The molecule has 0 spiro atoms. The number of hydrogen-bond acceptors (Lipinski definition) is 3. The highest BCUT2D eigenvalue weighted by Crippen LogP contribution is 2.29. The Hall–Kier alpha value is -2.31. The number of hydrogen-bond donors (Lipinski definition) is 1. The van der Waals surface area contributed by atoms with Crippen molar-refractivity contribution in [2.45, 2.75) is 32.9 Å². The van der Waals surface area contributed by atoms with Gasteiger partial charge in [-0.05, 0) is 26.3 Å². The molecule has 0 radical (unpaired) electrons. The van der Waals surface area contributed by atoms with Gasteiger partial charge in [-0.3, -0.25) is 4.99 Å². The fourth-order valence-electron chi connectivity index (χ4n) is 2.21. The Labute approximate surface area is 141 Å². The SMILES string of the molecule is C#C.C/C=C(\C)[C@H]1NC(COC)=N[C@H]1c1ccccc1.C=CC. The first kappa shape index (κ1) is 20.7. The van der Waals surface area contributed by atoms with Crippen molar-refractivity contribution >= 4 is 5.84 Å². The molecule has 2 rings (SSSR count). The minimum atomic E-state index is 0.146. The summed E-state index contributed by atoms with van der Waals surface area (Å²) in [6.07, 6.45) is 11.9.